The molecule has 1 aromatic rings. The summed E-state index contributed by atoms with van der Waals surface area (Å²) in [6, 6.07) is 3.82. The van der Waals surface area contributed by atoms with Crippen LogP contribution in [0.25, 0.3) is 0 Å². The van der Waals surface area contributed by atoms with E-state index in [0.717, 1.165) is 25.9 Å². The summed E-state index contributed by atoms with van der Waals surface area (Å²) in [5.41, 5.74) is -0.135. The van der Waals surface area contributed by atoms with Gasteiger partial charge in [-0.05, 0) is 31.5 Å². The lowest BCUT2D eigenvalue weighted by molar-refractivity contribution is -0.132. The Kier molecular flexibility index (Phi) is 5.06. The highest BCUT2D eigenvalue weighted by atomic mass is 19.1. The Morgan fingerprint density at radius 1 is 1.40 bits per heavy atom. The molecule has 1 heterocycles. The van der Waals surface area contributed by atoms with E-state index in [-0.39, 0.29) is 23.9 Å². The molecule has 1 atom stereocenters. The number of amides is 1. The summed E-state index contributed by atoms with van der Waals surface area (Å²) < 4.78 is 27.2. The molecule has 0 bridgehead atoms. The zero-order valence-electron chi connectivity index (χ0n) is 11.7. The molecule has 0 aromatic heterocycles. The molecule has 20 heavy (non-hydrogen) atoms. The molecule has 1 aliphatic heterocycles. The predicted octanol–water partition coefficient (Wildman–Crippen LogP) is 2.11. The smallest absolute Gasteiger partial charge is 0.227 e. The van der Waals surface area contributed by atoms with Crippen molar-refractivity contribution in [1.82, 2.24) is 10.2 Å². The molecule has 2 rings (SSSR count). The fourth-order valence-electron chi connectivity index (χ4n) is 2.61. The second kappa shape index (κ2) is 6.79. The van der Waals surface area contributed by atoms with Gasteiger partial charge in [-0.25, -0.2) is 8.78 Å². The van der Waals surface area contributed by atoms with Crippen LogP contribution in [0.5, 0.6) is 0 Å². The fraction of sp³-hybridized carbons (Fsp3) is 0.533. The molecule has 1 aromatic carbocycles. The second-order valence-electron chi connectivity index (χ2n) is 5.11. The average Bonchev–Trinajstić information content (AvgIpc) is 2.94. The van der Waals surface area contributed by atoms with Crippen LogP contribution in [0.1, 0.15) is 25.3 Å². The van der Waals surface area contributed by atoms with Crippen molar-refractivity contribution in [1.29, 1.82) is 0 Å². The fourth-order valence-corrected chi connectivity index (χ4v) is 2.61. The quantitative estimate of drug-likeness (QED) is 0.897. The SMILES string of the molecule is CCCN(C(=O)Cc1c(F)cccc1F)C1CCNC1. The molecular weight excluding hydrogens is 262 g/mol. The van der Waals surface area contributed by atoms with Crippen molar-refractivity contribution in [3.05, 3.63) is 35.4 Å². The number of nitrogens with one attached hydrogen (secondary N) is 1. The van der Waals surface area contributed by atoms with Crippen LogP contribution in [0.2, 0.25) is 0 Å². The standard InChI is InChI=1S/C15H20F2N2O/c1-2-8-19(11-6-7-18-10-11)15(20)9-12-13(16)4-3-5-14(12)17/h3-5,11,18H,2,6-10H2,1H3. The number of nitrogens with zero attached hydrogens (tertiary/aromatic N) is 1. The number of hydrogen-bond acceptors (Lipinski definition) is 2. The first kappa shape index (κ1) is 14.9. The molecule has 0 radical (unpaired) electrons. The van der Waals surface area contributed by atoms with Crippen molar-refractivity contribution in [3.63, 3.8) is 0 Å². The summed E-state index contributed by atoms with van der Waals surface area (Å²) >= 11 is 0. The van der Waals surface area contributed by atoms with Crippen LogP contribution in [-0.2, 0) is 11.2 Å². The monoisotopic (exact) mass is 282 g/mol. The van der Waals surface area contributed by atoms with Crippen LogP contribution in [0.3, 0.4) is 0 Å². The second-order valence-corrected chi connectivity index (χ2v) is 5.11. The Morgan fingerprint density at radius 2 is 2.10 bits per heavy atom. The first-order chi connectivity index (χ1) is 9.63. The molecule has 5 heteroatoms. The third kappa shape index (κ3) is 3.33. The summed E-state index contributed by atoms with van der Waals surface area (Å²) in [4.78, 5) is 14.1. The molecule has 0 aliphatic carbocycles. The van der Waals surface area contributed by atoms with Crippen LogP contribution in [-0.4, -0.2) is 36.5 Å². The van der Waals surface area contributed by atoms with E-state index in [9.17, 15) is 13.6 Å². The van der Waals surface area contributed by atoms with Crippen molar-refractivity contribution >= 4 is 5.91 Å². The highest BCUT2D eigenvalue weighted by Gasteiger charge is 2.27. The number of halogens is 2. The van der Waals surface area contributed by atoms with E-state index in [1.54, 1.807) is 4.90 Å². The van der Waals surface area contributed by atoms with Crippen LogP contribution < -0.4 is 5.32 Å². The zero-order valence-corrected chi connectivity index (χ0v) is 11.7. The van der Waals surface area contributed by atoms with Gasteiger partial charge in [0.25, 0.3) is 0 Å². The summed E-state index contributed by atoms with van der Waals surface area (Å²) in [7, 11) is 0. The largest absolute Gasteiger partial charge is 0.338 e. The Hall–Kier alpha value is -1.49. The Bertz CT molecular complexity index is 453. The predicted molar refractivity (Wildman–Crippen MR) is 73.3 cm³/mol. The lowest BCUT2D eigenvalue weighted by atomic mass is 10.1. The Labute approximate surface area is 118 Å². The Balaban J connectivity index is 2.11. The maximum atomic E-state index is 13.6. The summed E-state index contributed by atoms with van der Waals surface area (Å²) in [6.07, 6.45) is 1.52. The van der Waals surface area contributed by atoms with Gasteiger partial charge < -0.3 is 10.2 Å². The normalized spacial score (nSPS) is 18.2. The van der Waals surface area contributed by atoms with Crippen LogP contribution in [0, 0.1) is 11.6 Å². The molecule has 0 saturated carbocycles. The molecule has 3 nitrogen and oxygen atoms in total. The number of carbonyl (C=O) groups excluding carboxylic acids is 1. The van der Waals surface area contributed by atoms with Crippen molar-refractivity contribution in [2.45, 2.75) is 32.2 Å². The van der Waals surface area contributed by atoms with Gasteiger partial charge in [0.1, 0.15) is 11.6 Å². The van der Waals surface area contributed by atoms with Crippen LogP contribution >= 0.6 is 0 Å². The van der Waals surface area contributed by atoms with E-state index in [0.29, 0.717) is 6.54 Å². The molecule has 1 aliphatic rings. The zero-order chi connectivity index (χ0) is 14.5. The minimum Gasteiger partial charge on any atom is -0.338 e. The summed E-state index contributed by atoms with van der Waals surface area (Å²) in [6.45, 7) is 4.26. The number of carbonyl (C=O) groups is 1. The summed E-state index contributed by atoms with van der Waals surface area (Å²) in [5, 5.41) is 3.21. The van der Waals surface area contributed by atoms with Gasteiger partial charge in [-0.2, -0.15) is 0 Å². The minimum absolute atomic E-state index is 0.135. The van der Waals surface area contributed by atoms with E-state index >= 15 is 0 Å². The molecule has 0 spiro atoms. The van der Waals surface area contributed by atoms with Crippen molar-refractivity contribution in [2.24, 2.45) is 0 Å². The van der Waals surface area contributed by atoms with Gasteiger partial charge in [-0.15, -0.1) is 0 Å². The lowest BCUT2D eigenvalue weighted by Gasteiger charge is -2.28. The van der Waals surface area contributed by atoms with Gasteiger partial charge in [0.05, 0.1) is 6.42 Å². The average molecular weight is 282 g/mol. The number of hydrogen-bond donors (Lipinski definition) is 1. The Morgan fingerprint density at radius 3 is 2.65 bits per heavy atom. The van der Waals surface area contributed by atoms with Crippen molar-refractivity contribution < 1.29 is 13.6 Å². The molecule has 1 N–H and O–H groups in total. The molecule has 1 saturated heterocycles. The third-order valence-corrected chi connectivity index (χ3v) is 3.65. The highest BCUT2D eigenvalue weighted by Crippen LogP contribution is 2.16. The molecule has 1 unspecified atom stereocenters. The molecule has 1 fully saturated rings. The first-order valence-electron chi connectivity index (χ1n) is 7.06. The van der Waals surface area contributed by atoms with Crippen LogP contribution in [0.15, 0.2) is 18.2 Å². The first-order valence-corrected chi connectivity index (χ1v) is 7.06. The topological polar surface area (TPSA) is 32.3 Å². The third-order valence-electron chi connectivity index (χ3n) is 3.65. The number of rotatable bonds is 5. The van der Waals surface area contributed by atoms with E-state index in [4.69, 9.17) is 0 Å². The van der Waals surface area contributed by atoms with Gasteiger partial charge >= 0.3 is 0 Å². The minimum atomic E-state index is -0.653. The maximum absolute atomic E-state index is 13.6. The summed E-state index contributed by atoms with van der Waals surface area (Å²) in [5.74, 6) is -1.51. The molecule has 110 valence electrons. The van der Waals surface area contributed by atoms with Gasteiger partial charge in [0, 0.05) is 24.7 Å². The van der Waals surface area contributed by atoms with Crippen molar-refractivity contribution in [3.8, 4) is 0 Å². The number of benzene rings is 1. The van der Waals surface area contributed by atoms with Crippen LogP contribution in [0.4, 0.5) is 8.78 Å². The van der Waals surface area contributed by atoms with Gasteiger partial charge in [0.2, 0.25) is 5.91 Å². The van der Waals surface area contributed by atoms with Gasteiger partial charge in [-0.1, -0.05) is 13.0 Å². The maximum Gasteiger partial charge on any atom is 0.227 e. The molecule has 1 amide bonds. The van der Waals surface area contributed by atoms with E-state index < -0.39 is 11.6 Å². The lowest BCUT2D eigenvalue weighted by Crippen LogP contribution is -2.43. The van der Waals surface area contributed by atoms with E-state index in [1.165, 1.54) is 18.2 Å². The van der Waals surface area contributed by atoms with Gasteiger partial charge in [0.15, 0.2) is 0 Å². The molecular formula is C15H20F2N2O. The highest BCUT2D eigenvalue weighted by molar-refractivity contribution is 5.79. The van der Waals surface area contributed by atoms with Crippen molar-refractivity contribution in [2.75, 3.05) is 19.6 Å². The van der Waals surface area contributed by atoms with E-state index in [2.05, 4.69) is 5.32 Å². The van der Waals surface area contributed by atoms with E-state index in [1.807, 2.05) is 6.92 Å². The van der Waals surface area contributed by atoms with Gasteiger partial charge in [-0.3, -0.25) is 4.79 Å².